The second kappa shape index (κ2) is 8.95. The summed E-state index contributed by atoms with van der Waals surface area (Å²) in [7, 11) is 0. The molecule has 0 spiro atoms. The number of imide groups is 1. The van der Waals surface area contributed by atoms with Gasteiger partial charge in [-0.2, -0.15) is 0 Å². The van der Waals surface area contributed by atoms with Crippen LogP contribution in [-0.2, 0) is 4.79 Å². The molecule has 1 aliphatic carbocycles. The Bertz CT molecular complexity index is 310. The third-order valence-corrected chi connectivity index (χ3v) is 3.64. The van der Waals surface area contributed by atoms with Crippen LogP contribution >= 0.6 is 0 Å². The summed E-state index contributed by atoms with van der Waals surface area (Å²) < 4.78 is 0. The Morgan fingerprint density at radius 3 is 2.05 bits per heavy atom. The van der Waals surface area contributed by atoms with Crippen LogP contribution in [0.2, 0.25) is 0 Å². The van der Waals surface area contributed by atoms with Crippen molar-refractivity contribution in [3.63, 3.8) is 0 Å². The molecule has 116 valence electrons. The van der Waals surface area contributed by atoms with Gasteiger partial charge in [-0.1, -0.05) is 32.1 Å². The molecule has 3 N–H and O–H groups in total. The molecule has 0 heterocycles. The maximum atomic E-state index is 11.9. The van der Waals surface area contributed by atoms with Crippen molar-refractivity contribution in [3.05, 3.63) is 0 Å². The fourth-order valence-electron chi connectivity index (χ4n) is 2.57. The van der Waals surface area contributed by atoms with Crippen LogP contribution in [0.1, 0.15) is 65.7 Å². The second-order valence-electron chi connectivity index (χ2n) is 6.05. The minimum absolute atomic E-state index is 0.0247. The van der Waals surface area contributed by atoms with Gasteiger partial charge in [-0.25, -0.2) is 4.79 Å². The van der Waals surface area contributed by atoms with E-state index in [9.17, 15) is 9.59 Å². The molecule has 3 amide bonds. The van der Waals surface area contributed by atoms with Crippen molar-refractivity contribution in [2.24, 2.45) is 0 Å². The molecule has 5 nitrogen and oxygen atoms in total. The molecule has 1 fully saturated rings. The predicted molar refractivity (Wildman–Crippen MR) is 80.5 cm³/mol. The Kier molecular flexibility index (Phi) is 7.59. The largest absolute Gasteiger partial charge is 0.336 e. The van der Waals surface area contributed by atoms with Gasteiger partial charge in [0.2, 0.25) is 5.91 Å². The quantitative estimate of drug-likeness (QED) is 0.741. The minimum Gasteiger partial charge on any atom is -0.336 e. The number of urea groups is 1. The Balaban J connectivity index is 2.34. The first kappa shape index (κ1) is 17.0. The van der Waals surface area contributed by atoms with E-state index in [1.54, 1.807) is 0 Å². The monoisotopic (exact) mass is 283 g/mol. The van der Waals surface area contributed by atoms with Crippen LogP contribution < -0.4 is 16.0 Å². The molecule has 0 unspecified atom stereocenters. The zero-order valence-electron chi connectivity index (χ0n) is 13.0. The van der Waals surface area contributed by atoms with Gasteiger partial charge in [0.1, 0.15) is 0 Å². The van der Waals surface area contributed by atoms with E-state index in [4.69, 9.17) is 0 Å². The number of hydrogen-bond donors (Lipinski definition) is 3. The van der Waals surface area contributed by atoms with Gasteiger partial charge in [0, 0.05) is 12.1 Å². The number of amides is 3. The predicted octanol–water partition coefficient (Wildman–Crippen LogP) is 2.31. The first-order valence-corrected chi connectivity index (χ1v) is 7.86. The van der Waals surface area contributed by atoms with Gasteiger partial charge in [0.05, 0.1) is 6.04 Å². The van der Waals surface area contributed by atoms with Gasteiger partial charge < -0.3 is 10.6 Å². The molecular formula is C15H29N3O2. The average Bonchev–Trinajstić information content (AvgIpc) is 2.30. The molecule has 0 aromatic heterocycles. The summed E-state index contributed by atoms with van der Waals surface area (Å²) in [5, 5.41) is 8.38. The van der Waals surface area contributed by atoms with Gasteiger partial charge >= 0.3 is 6.03 Å². The Morgan fingerprint density at radius 1 is 0.950 bits per heavy atom. The van der Waals surface area contributed by atoms with Crippen LogP contribution in [0, 0.1) is 0 Å². The maximum absolute atomic E-state index is 11.9. The van der Waals surface area contributed by atoms with Crippen LogP contribution in [0.15, 0.2) is 0 Å². The van der Waals surface area contributed by atoms with Gasteiger partial charge in [-0.3, -0.25) is 10.1 Å². The molecule has 0 radical (unpaired) electrons. The fraction of sp³-hybridized carbons (Fsp3) is 0.867. The molecule has 1 atom stereocenters. The molecule has 1 saturated carbocycles. The molecule has 0 aromatic carbocycles. The molecule has 0 aromatic rings. The standard InChI is InChI=1S/C15H29N3O2/c1-11(2)16-15(20)18-14(19)12(3)17-13-9-7-5-4-6-8-10-13/h11-13,17H,4-10H2,1-3H3,(H2,16,18,19,20)/t12-/m1/s1. The molecule has 20 heavy (non-hydrogen) atoms. The molecule has 1 rings (SSSR count). The van der Waals surface area contributed by atoms with Crippen molar-refractivity contribution < 1.29 is 9.59 Å². The Morgan fingerprint density at radius 2 is 1.50 bits per heavy atom. The molecule has 0 bridgehead atoms. The van der Waals surface area contributed by atoms with E-state index in [2.05, 4.69) is 16.0 Å². The van der Waals surface area contributed by atoms with E-state index in [1.165, 1.54) is 32.1 Å². The highest BCUT2D eigenvalue weighted by Gasteiger charge is 2.20. The lowest BCUT2D eigenvalue weighted by Crippen LogP contribution is -2.51. The summed E-state index contributed by atoms with van der Waals surface area (Å²) >= 11 is 0. The van der Waals surface area contributed by atoms with E-state index in [0.29, 0.717) is 6.04 Å². The van der Waals surface area contributed by atoms with Crippen LogP contribution in [0.3, 0.4) is 0 Å². The molecule has 0 saturated heterocycles. The first-order chi connectivity index (χ1) is 9.49. The lowest BCUT2D eigenvalue weighted by Gasteiger charge is -2.24. The summed E-state index contributed by atoms with van der Waals surface area (Å²) in [4.78, 5) is 23.4. The van der Waals surface area contributed by atoms with E-state index in [-0.39, 0.29) is 18.0 Å². The zero-order valence-corrected chi connectivity index (χ0v) is 13.0. The van der Waals surface area contributed by atoms with Gasteiger partial charge in [0.25, 0.3) is 0 Å². The zero-order chi connectivity index (χ0) is 15.0. The van der Waals surface area contributed by atoms with E-state index in [1.807, 2.05) is 20.8 Å². The first-order valence-electron chi connectivity index (χ1n) is 7.86. The van der Waals surface area contributed by atoms with Crippen molar-refractivity contribution in [3.8, 4) is 0 Å². The highest BCUT2D eigenvalue weighted by atomic mass is 16.2. The number of carbonyl (C=O) groups is 2. The fourth-order valence-corrected chi connectivity index (χ4v) is 2.57. The SMILES string of the molecule is CC(C)NC(=O)NC(=O)[C@@H](C)NC1CCCCCCC1. The number of nitrogens with one attached hydrogen (secondary N) is 3. The second-order valence-corrected chi connectivity index (χ2v) is 6.05. The summed E-state index contributed by atoms with van der Waals surface area (Å²) in [6.45, 7) is 5.54. The van der Waals surface area contributed by atoms with E-state index in [0.717, 1.165) is 12.8 Å². The third kappa shape index (κ3) is 6.89. The van der Waals surface area contributed by atoms with E-state index < -0.39 is 6.03 Å². The highest BCUT2D eigenvalue weighted by Crippen LogP contribution is 2.17. The Labute approximate surface area is 122 Å². The van der Waals surface area contributed by atoms with Crippen LogP contribution in [-0.4, -0.2) is 30.1 Å². The number of rotatable bonds is 4. The minimum atomic E-state index is -0.420. The molecule has 1 aliphatic rings. The summed E-state index contributed by atoms with van der Waals surface area (Å²) in [6.07, 6.45) is 8.59. The van der Waals surface area contributed by atoms with Crippen molar-refractivity contribution >= 4 is 11.9 Å². The molecular weight excluding hydrogens is 254 g/mol. The van der Waals surface area contributed by atoms with Crippen molar-refractivity contribution in [2.75, 3.05) is 0 Å². The average molecular weight is 283 g/mol. The van der Waals surface area contributed by atoms with Crippen molar-refractivity contribution in [2.45, 2.75) is 83.8 Å². The maximum Gasteiger partial charge on any atom is 0.321 e. The van der Waals surface area contributed by atoms with Crippen LogP contribution in [0.25, 0.3) is 0 Å². The number of hydrogen-bond acceptors (Lipinski definition) is 3. The van der Waals surface area contributed by atoms with E-state index >= 15 is 0 Å². The van der Waals surface area contributed by atoms with Crippen LogP contribution in [0.4, 0.5) is 4.79 Å². The molecule has 5 heteroatoms. The van der Waals surface area contributed by atoms with Gasteiger partial charge in [-0.05, 0) is 33.6 Å². The topological polar surface area (TPSA) is 70.2 Å². The lowest BCUT2D eigenvalue weighted by atomic mass is 9.96. The van der Waals surface area contributed by atoms with Crippen molar-refractivity contribution in [1.29, 1.82) is 0 Å². The van der Waals surface area contributed by atoms with Crippen LogP contribution in [0.5, 0.6) is 0 Å². The van der Waals surface area contributed by atoms with Crippen molar-refractivity contribution in [1.82, 2.24) is 16.0 Å². The summed E-state index contributed by atoms with van der Waals surface area (Å²) in [6, 6.07) is -0.338. The lowest BCUT2D eigenvalue weighted by molar-refractivity contribution is -0.121. The third-order valence-electron chi connectivity index (χ3n) is 3.64. The number of carbonyl (C=O) groups excluding carboxylic acids is 2. The Hall–Kier alpha value is -1.10. The molecule has 0 aliphatic heterocycles. The van der Waals surface area contributed by atoms with Gasteiger partial charge in [0.15, 0.2) is 0 Å². The summed E-state index contributed by atoms with van der Waals surface area (Å²) in [5.74, 6) is -0.259. The summed E-state index contributed by atoms with van der Waals surface area (Å²) in [5.41, 5.74) is 0. The van der Waals surface area contributed by atoms with Gasteiger partial charge in [-0.15, -0.1) is 0 Å². The smallest absolute Gasteiger partial charge is 0.321 e. The highest BCUT2D eigenvalue weighted by molar-refractivity contribution is 5.96. The normalized spacial score (nSPS) is 19.0.